The number of benzene rings is 2. The summed E-state index contributed by atoms with van der Waals surface area (Å²) < 4.78 is 0. The maximum absolute atomic E-state index is 13.0. The minimum absolute atomic E-state index is 0.0182. The summed E-state index contributed by atoms with van der Waals surface area (Å²) in [5, 5.41) is 3.27. The summed E-state index contributed by atoms with van der Waals surface area (Å²) in [4.78, 5) is 15.7. The lowest BCUT2D eigenvalue weighted by Gasteiger charge is -2.46. The van der Waals surface area contributed by atoms with Crippen LogP contribution in [0.2, 0.25) is 0 Å². The third-order valence-corrected chi connectivity index (χ3v) is 8.16. The standard InChI is InChI=1S/C26H30N2O/c1-16-6-2-3-9-20(16)26(29)27-19-12-23-21-10-4-7-17(21)14-28-15-18-8-5-11-22(18)24(13-19)25(23)28/h2-3,6,9,12-13,17-18,21-22H,4-5,7-8,10-11,14-15H2,1H3,(H,27,29)/t17-,18+,21-,22-/m1/s1. The highest BCUT2D eigenvalue weighted by Crippen LogP contribution is 2.56. The molecule has 2 aromatic carbocycles. The smallest absolute Gasteiger partial charge is 0.255 e. The monoisotopic (exact) mass is 386 g/mol. The van der Waals surface area contributed by atoms with Gasteiger partial charge in [-0.3, -0.25) is 4.79 Å². The van der Waals surface area contributed by atoms with Crippen LogP contribution in [0.1, 0.15) is 77.4 Å². The summed E-state index contributed by atoms with van der Waals surface area (Å²) in [6, 6.07) is 12.5. The van der Waals surface area contributed by atoms with Crippen LogP contribution < -0.4 is 10.2 Å². The molecule has 1 N–H and O–H groups in total. The first-order valence-corrected chi connectivity index (χ1v) is 11.5. The first-order valence-electron chi connectivity index (χ1n) is 11.5. The van der Waals surface area contributed by atoms with Gasteiger partial charge >= 0.3 is 0 Å². The molecule has 2 heterocycles. The molecule has 2 fully saturated rings. The van der Waals surface area contributed by atoms with Crippen molar-refractivity contribution in [2.24, 2.45) is 11.8 Å². The SMILES string of the molecule is Cc1ccccc1C(=O)Nc1cc2c3c(c1)[C@@H]1CCC[C@H]1CN3C[C@H]1CCC[C@@H]21. The van der Waals surface area contributed by atoms with Crippen molar-refractivity contribution >= 4 is 17.3 Å². The Morgan fingerprint density at radius 1 is 0.931 bits per heavy atom. The second-order valence-electron chi connectivity index (χ2n) is 9.77. The minimum atomic E-state index is 0.0182. The number of nitrogens with zero attached hydrogens (tertiary/aromatic N) is 1. The van der Waals surface area contributed by atoms with Crippen molar-refractivity contribution in [3.05, 3.63) is 58.7 Å². The summed E-state index contributed by atoms with van der Waals surface area (Å²) in [5.74, 6) is 3.00. The molecule has 3 nitrogen and oxygen atoms in total. The molecule has 0 saturated heterocycles. The molecule has 0 aromatic heterocycles. The summed E-state index contributed by atoms with van der Waals surface area (Å²) in [5.41, 5.74) is 7.42. The van der Waals surface area contributed by atoms with E-state index in [0.717, 1.165) is 28.7 Å². The van der Waals surface area contributed by atoms with Gasteiger partial charge in [-0.2, -0.15) is 0 Å². The number of carbonyl (C=O) groups excluding carboxylic acids is 1. The summed E-state index contributed by atoms with van der Waals surface area (Å²) in [6.07, 6.45) is 8.06. The Balaban J connectivity index is 1.43. The van der Waals surface area contributed by atoms with Crippen molar-refractivity contribution in [3.8, 4) is 0 Å². The van der Waals surface area contributed by atoms with Crippen molar-refractivity contribution < 1.29 is 4.79 Å². The number of amides is 1. The van der Waals surface area contributed by atoms with Gasteiger partial charge in [0.25, 0.3) is 5.91 Å². The van der Waals surface area contributed by atoms with Crippen LogP contribution in [-0.4, -0.2) is 19.0 Å². The fourth-order valence-corrected chi connectivity index (χ4v) is 6.86. The van der Waals surface area contributed by atoms with Crippen molar-refractivity contribution in [1.82, 2.24) is 0 Å². The molecule has 2 aromatic rings. The fourth-order valence-electron chi connectivity index (χ4n) is 6.86. The number of carbonyl (C=O) groups is 1. The molecule has 2 saturated carbocycles. The molecular formula is C26H30N2O. The van der Waals surface area contributed by atoms with Crippen molar-refractivity contribution in [2.45, 2.75) is 57.3 Å². The largest absolute Gasteiger partial charge is 0.370 e. The van der Waals surface area contributed by atoms with Gasteiger partial charge in [-0.25, -0.2) is 0 Å². The normalized spacial score (nSPS) is 29.2. The Labute approximate surface area is 173 Å². The Bertz CT molecular complexity index is 935. The summed E-state index contributed by atoms with van der Waals surface area (Å²) in [6.45, 7) is 4.52. The molecule has 0 radical (unpaired) electrons. The first kappa shape index (κ1) is 17.6. The van der Waals surface area contributed by atoms with Crippen molar-refractivity contribution in [2.75, 3.05) is 23.3 Å². The lowest BCUT2D eigenvalue weighted by Crippen LogP contribution is -2.43. The number of anilines is 2. The van der Waals surface area contributed by atoms with Gasteiger partial charge in [-0.1, -0.05) is 31.0 Å². The molecule has 2 aliphatic heterocycles. The second kappa shape index (κ2) is 6.62. The highest BCUT2D eigenvalue weighted by Gasteiger charge is 2.44. The van der Waals surface area contributed by atoms with Crippen molar-refractivity contribution in [3.63, 3.8) is 0 Å². The Kier molecular flexibility index (Phi) is 4.01. The molecule has 150 valence electrons. The number of fused-ring (bicyclic) bond motifs is 4. The predicted octanol–water partition coefficient (Wildman–Crippen LogP) is 5.85. The van der Waals surface area contributed by atoms with Crippen LogP contribution in [0.5, 0.6) is 0 Å². The maximum atomic E-state index is 13.0. The molecular weight excluding hydrogens is 356 g/mol. The van der Waals surface area contributed by atoms with E-state index in [1.165, 1.54) is 62.7 Å². The number of nitrogens with one attached hydrogen (secondary N) is 1. The van der Waals surface area contributed by atoms with Crippen LogP contribution in [0.25, 0.3) is 0 Å². The van der Waals surface area contributed by atoms with Gasteiger partial charge in [0.15, 0.2) is 0 Å². The molecule has 1 amide bonds. The average molecular weight is 387 g/mol. The first-order chi connectivity index (χ1) is 14.2. The Morgan fingerprint density at radius 3 is 2.17 bits per heavy atom. The predicted molar refractivity (Wildman–Crippen MR) is 118 cm³/mol. The highest BCUT2D eigenvalue weighted by molar-refractivity contribution is 6.05. The zero-order valence-electron chi connectivity index (χ0n) is 17.3. The Hall–Kier alpha value is -2.29. The van der Waals surface area contributed by atoms with Gasteiger partial charge in [-0.05, 0) is 91.2 Å². The molecule has 6 rings (SSSR count). The quantitative estimate of drug-likeness (QED) is 0.702. The molecule has 29 heavy (non-hydrogen) atoms. The van der Waals surface area contributed by atoms with E-state index in [-0.39, 0.29) is 5.91 Å². The number of aryl methyl sites for hydroxylation is 1. The van der Waals surface area contributed by atoms with E-state index in [4.69, 9.17) is 0 Å². The van der Waals surface area contributed by atoms with Crippen LogP contribution >= 0.6 is 0 Å². The van der Waals surface area contributed by atoms with Gasteiger partial charge < -0.3 is 10.2 Å². The van der Waals surface area contributed by atoms with Crippen LogP contribution in [-0.2, 0) is 0 Å². The molecule has 2 aliphatic carbocycles. The van der Waals surface area contributed by atoms with Gasteiger partial charge in [0.1, 0.15) is 0 Å². The zero-order valence-corrected chi connectivity index (χ0v) is 17.3. The maximum Gasteiger partial charge on any atom is 0.255 e. The van der Waals surface area contributed by atoms with E-state index < -0.39 is 0 Å². The van der Waals surface area contributed by atoms with E-state index in [0.29, 0.717) is 11.8 Å². The third kappa shape index (κ3) is 2.73. The van der Waals surface area contributed by atoms with Gasteiger partial charge in [-0.15, -0.1) is 0 Å². The number of hydrogen-bond acceptors (Lipinski definition) is 2. The Morgan fingerprint density at radius 2 is 1.55 bits per heavy atom. The summed E-state index contributed by atoms with van der Waals surface area (Å²) in [7, 11) is 0. The van der Waals surface area contributed by atoms with E-state index >= 15 is 0 Å². The number of rotatable bonds is 2. The van der Waals surface area contributed by atoms with Gasteiger partial charge in [0.05, 0.1) is 0 Å². The van der Waals surface area contributed by atoms with Crippen LogP contribution in [0.3, 0.4) is 0 Å². The van der Waals surface area contributed by atoms with Crippen LogP contribution in [0.15, 0.2) is 36.4 Å². The van der Waals surface area contributed by atoms with E-state index in [1.807, 2.05) is 31.2 Å². The third-order valence-electron chi connectivity index (χ3n) is 8.16. The summed E-state index contributed by atoms with van der Waals surface area (Å²) >= 11 is 0. The topological polar surface area (TPSA) is 32.3 Å². The molecule has 4 aliphatic rings. The molecule has 0 spiro atoms. The van der Waals surface area contributed by atoms with E-state index in [2.05, 4.69) is 22.3 Å². The van der Waals surface area contributed by atoms with Crippen LogP contribution in [0, 0.1) is 18.8 Å². The van der Waals surface area contributed by atoms with Gasteiger partial charge in [0.2, 0.25) is 0 Å². The molecule has 3 heteroatoms. The van der Waals surface area contributed by atoms with E-state index in [1.54, 1.807) is 5.69 Å². The minimum Gasteiger partial charge on any atom is -0.370 e. The molecule has 0 unspecified atom stereocenters. The van der Waals surface area contributed by atoms with Crippen molar-refractivity contribution in [1.29, 1.82) is 0 Å². The highest BCUT2D eigenvalue weighted by atomic mass is 16.1. The van der Waals surface area contributed by atoms with Crippen LogP contribution in [0.4, 0.5) is 11.4 Å². The zero-order chi connectivity index (χ0) is 19.5. The lowest BCUT2D eigenvalue weighted by molar-refractivity contribution is 0.102. The number of hydrogen-bond donors (Lipinski definition) is 1. The van der Waals surface area contributed by atoms with E-state index in [9.17, 15) is 4.79 Å². The lowest BCUT2D eigenvalue weighted by atomic mass is 9.75. The molecule has 4 atom stereocenters. The molecule has 0 bridgehead atoms. The van der Waals surface area contributed by atoms with Gasteiger partial charge in [0, 0.05) is 30.0 Å². The second-order valence-corrected chi connectivity index (χ2v) is 9.77. The average Bonchev–Trinajstić information content (AvgIpc) is 3.37. The fraction of sp³-hybridized carbons (Fsp3) is 0.500.